The quantitative estimate of drug-likeness (QED) is 0.172. The van der Waals surface area contributed by atoms with Crippen molar-refractivity contribution in [3.05, 3.63) is 104 Å². The van der Waals surface area contributed by atoms with E-state index in [1.165, 1.54) is 18.3 Å². The van der Waals surface area contributed by atoms with Crippen LogP contribution in [0.5, 0.6) is 0 Å². The van der Waals surface area contributed by atoms with Crippen LogP contribution in [0, 0.1) is 17.1 Å². The van der Waals surface area contributed by atoms with Crippen molar-refractivity contribution < 1.29 is 4.39 Å². The van der Waals surface area contributed by atoms with Crippen molar-refractivity contribution in [2.24, 2.45) is 0 Å². The van der Waals surface area contributed by atoms with Crippen molar-refractivity contribution in [3.8, 4) is 6.07 Å². The van der Waals surface area contributed by atoms with Gasteiger partial charge in [0.1, 0.15) is 17.0 Å². The molecular formula is C34H32Cl3FN8. The summed E-state index contributed by atoms with van der Waals surface area (Å²) in [5.74, 6) is -0.742. The molecule has 6 rings (SSSR count). The summed E-state index contributed by atoms with van der Waals surface area (Å²) in [6.45, 7) is 8.75. The molecule has 3 aromatic heterocycles. The smallest absolute Gasteiger partial charge is 0.141 e. The van der Waals surface area contributed by atoms with E-state index in [0.29, 0.717) is 44.4 Å². The molecule has 1 N–H and O–H groups in total. The Labute approximate surface area is 282 Å². The molecule has 46 heavy (non-hydrogen) atoms. The van der Waals surface area contributed by atoms with Gasteiger partial charge in [-0.3, -0.25) is 9.88 Å². The van der Waals surface area contributed by atoms with Gasteiger partial charge in [-0.25, -0.2) is 14.1 Å². The normalized spacial score (nSPS) is 15.2. The molecule has 1 aliphatic heterocycles. The van der Waals surface area contributed by atoms with E-state index in [2.05, 4.69) is 57.3 Å². The van der Waals surface area contributed by atoms with E-state index >= 15 is 0 Å². The van der Waals surface area contributed by atoms with E-state index in [1.807, 2.05) is 29.1 Å². The Kier molecular flexibility index (Phi) is 9.17. The number of aromatic nitrogens is 5. The van der Waals surface area contributed by atoms with Gasteiger partial charge < -0.3 is 5.32 Å². The summed E-state index contributed by atoms with van der Waals surface area (Å²) < 4.78 is 15.9. The lowest BCUT2D eigenvalue weighted by Crippen LogP contribution is -2.46. The molecule has 0 spiro atoms. The monoisotopic (exact) mass is 676 g/mol. The van der Waals surface area contributed by atoms with Crippen LogP contribution in [0.4, 0.5) is 15.8 Å². The molecule has 0 unspecified atom stereocenters. The number of likely N-dealkylation sites (tertiary alicyclic amines) is 1. The number of nitrogens with one attached hydrogen (secondary N) is 1. The van der Waals surface area contributed by atoms with Gasteiger partial charge in [0.05, 0.1) is 38.5 Å². The maximum atomic E-state index is 13.9. The van der Waals surface area contributed by atoms with Crippen molar-refractivity contribution >= 4 is 57.1 Å². The highest BCUT2D eigenvalue weighted by atomic mass is 35.5. The number of hydrogen-bond donors (Lipinski definition) is 1. The number of nitriles is 1. The minimum Gasteiger partial charge on any atom is -0.354 e. The lowest BCUT2D eigenvalue weighted by molar-refractivity contribution is 0.0866. The molecule has 1 atom stereocenters. The Balaban J connectivity index is 1.36. The van der Waals surface area contributed by atoms with Gasteiger partial charge in [0.2, 0.25) is 0 Å². The molecule has 236 valence electrons. The fourth-order valence-corrected chi connectivity index (χ4v) is 6.61. The largest absolute Gasteiger partial charge is 0.354 e. The van der Waals surface area contributed by atoms with Crippen LogP contribution in [0.2, 0.25) is 15.2 Å². The van der Waals surface area contributed by atoms with Gasteiger partial charge in [0.15, 0.2) is 0 Å². The van der Waals surface area contributed by atoms with Crippen LogP contribution < -0.4 is 5.32 Å². The first-order valence-corrected chi connectivity index (χ1v) is 16.1. The second kappa shape index (κ2) is 13.1. The number of benzene rings is 2. The minimum atomic E-state index is -0.535. The lowest BCUT2D eigenvalue weighted by atomic mass is 9.89. The summed E-state index contributed by atoms with van der Waals surface area (Å²) in [5, 5.41) is 23.8. The molecule has 0 amide bonds. The molecule has 1 aliphatic rings. The van der Waals surface area contributed by atoms with Crippen molar-refractivity contribution in [2.45, 2.75) is 57.5 Å². The third-order valence-corrected chi connectivity index (χ3v) is 9.36. The van der Waals surface area contributed by atoms with Crippen molar-refractivity contribution in [2.75, 3.05) is 18.4 Å². The van der Waals surface area contributed by atoms with Crippen molar-refractivity contribution in [1.82, 2.24) is 29.9 Å². The predicted octanol–water partition coefficient (Wildman–Crippen LogP) is 8.75. The first-order chi connectivity index (χ1) is 22.0. The van der Waals surface area contributed by atoms with Crippen LogP contribution in [0.3, 0.4) is 0 Å². The second-order valence-corrected chi connectivity index (χ2v) is 13.8. The minimum absolute atomic E-state index is 0.0344. The lowest BCUT2D eigenvalue weighted by Gasteiger charge is -2.40. The fourth-order valence-electron chi connectivity index (χ4n) is 6.02. The molecule has 1 saturated heterocycles. The fraction of sp³-hybridized carbons (Fsp3) is 0.324. The van der Waals surface area contributed by atoms with Gasteiger partial charge in [-0.2, -0.15) is 5.26 Å². The zero-order valence-corrected chi connectivity index (χ0v) is 27.9. The maximum Gasteiger partial charge on any atom is 0.141 e. The average Bonchev–Trinajstić information content (AvgIpc) is 3.52. The number of anilines is 2. The molecule has 0 aliphatic carbocycles. The molecule has 0 saturated carbocycles. The molecule has 5 aromatic rings. The van der Waals surface area contributed by atoms with E-state index in [9.17, 15) is 9.65 Å². The Morgan fingerprint density at radius 3 is 2.48 bits per heavy atom. The third kappa shape index (κ3) is 6.81. The topological polar surface area (TPSA) is 95.6 Å². The standard InChI is InChI=1S/C34H32Cl3FN8/c1-34(2,3)45-10-8-24(9-11-45)46-19-30(43-44-46)25(21-4-7-31(37)40-17-21)12-20-13-26-32(42-23-5-6-29(38)27(35)15-23)22(16-39)18-41-33(26)28(36)14-20/h4-7,13-15,17-19,24-25H,8-12H2,1-3H3,(H,41,42)/t25-/m0/s1. The Morgan fingerprint density at radius 1 is 1.02 bits per heavy atom. The van der Waals surface area contributed by atoms with Crippen LogP contribution in [0.25, 0.3) is 10.9 Å². The molecule has 12 heteroatoms. The van der Waals surface area contributed by atoms with Gasteiger partial charge in [-0.15, -0.1) is 5.10 Å². The highest BCUT2D eigenvalue weighted by molar-refractivity contribution is 6.35. The number of piperidine rings is 1. The van der Waals surface area contributed by atoms with Gasteiger partial charge in [0, 0.05) is 54.2 Å². The molecule has 8 nitrogen and oxygen atoms in total. The van der Waals surface area contributed by atoms with Crippen LogP contribution >= 0.6 is 34.8 Å². The Morgan fingerprint density at radius 2 is 1.80 bits per heavy atom. The van der Waals surface area contributed by atoms with Gasteiger partial charge in [-0.05, 0) is 87.6 Å². The van der Waals surface area contributed by atoms with E-state index in [0.717, 1.165) is 42.8 Å². The zero-order valence-electron chi connectivity index (χ0n) is 25.6. The number of pyridine rings is 2. The summed E-state index contributed by atoms with van der Waals surface area (Å²) >= 11 is 19.0. The van der Waals surface area contributed by atoms with Crippen molar-refractivity contribution in [3.63, 3.8) is 0 Å². The van der Waals surface area contributed by atoms with Crippen LogP contribution in [-0.2, 0) is 6.42 Å². The molecule has 2 aromatic carbocycles. The zero-order chi connectivity index (χ0) is 32.6. The van der Waals surface area contributed by atoms with E-state index in [1.54, 1.807) is 18.3 Å². The summed E-state index contributed by atoms with van der Waals surface area (Å²) in [6.07, 6.45) is 7.77. The molecular weight excluding hydrogens is 646 g/mol. The van der Waals surface area contributed by atoms with E-state index in [4.69, 9.17) is 34.8 Å². The highest BCUT2D eigenvalue weighted by Gasteiger charge is 2.29. The van der Waals surface area contributed by atoms with Gasteiger partial charge >= 0.3 is 0 Å². The number of halogens is 4. The molecule has 1 fully saturated rings. The highest BCUT2D eigenvalue weighted by Crippen LogP contribution is 2.37. The van der Waals surface area contributed by atoms with Crippen LogP contribution in [-0.4, -0.2) is 48.5 Å². The molecule has 0 radical (unpaired) electrons. The SMILES string of the molecule is CC(C)(C)N1CCC(n2cc([C@@H](Cc3cc(Cl)c4ncc(C#N)c(Nc5ccc(F)c(Cl)c5)c4c3)c3ccc(Cl)nc3)nn2)CC1. The third-order valence-electron chi connectivity index (χ3n) is 8.56. The van der Waals surface area contributed by atoms with Gasteiger partial charge in [0.25, 0.3) is 0 Å². The number of fused-ring (bicyclic) bond motifs is 1. The first kappa shape index (κ1) is 32.1. The first-order valence-electron chi connectivity index (χ1n) is 15.0. The summed E-state index contributed by atoms with van der Waals surface area (Å²) in [5.41, 5.74) is 4.61. The number of nitrogens with zero attached hydrogens (tertiary/aromatic N) is 7. The average molecular weight is 678 g/mol. The second-order valence-electron chi connectivity index (χ2n) is 12.6. The molecule has 4 heterocycles. The summed E-state index contributed by atoms with van der Waals surface area (Å²) in [7, 11) is 0. The van der Waals surface area contributed by atoms with Gasteiger partial charge in [-0.1, -0.05) is 46.1 Å². The number of hydrogen-bond acceptors (Lipinski definition) is 7. The van der Waals surface area contributed by atoms with E-state index < -0.39 is 5.82 Å². The Bertz CT molecular complexity index is 1920. The number of rotatable bonds is 7. The Hall–Kier alpha value is -3.81. The summed E-state index contributed by atoms with van der Waals surface area (Å²) in [6, 6.07) is 14.3. The summed E-state index contributed by atoms with van der Waals surface area (Å²) in [4.78, 5) is 11.3. The van der Waals surface area contributed by atoms with Crippen LogP contribution in [0.1, 0.15) is 68.0 Å². The maximum absolute atomic E-state index is 13.9. The van der Waals surface area contributed by atoms with E-state index in [-0.39, 0.29) is 22.5 Å². The predicted molar refractivity (Wildman–Crippen MR) is 181 cm³/mol. The van der Waals surface area contributed by atoms with Crippen LogP contribution in [0.15, 0.2) is 61.1 Å². The molecule has 0 bridgehead atoms. The van der Waals surface area contributed by atoms with Crippen molar-refractivity contribution in [1.29, 1.82) is 5.26 Å².